The topological polar surface area (TPSA) is 84.1 Å². The second-order valence-corrected chi connectivity index (χ2v) is 8.94. The zero-order valence-corrected chi connectivity index (χ0v) is 16.3. The van der Waals surface area contributed by atoms with E-state index in [2.05, 4.69) is 34.3 Å². The molecule has 4 rings (SSSR count). The molecule has 3 N–H and O–H groups in total. The Morgan fingerprint density at radius 2 is 2.04 bits per heavy atom. The summed E-state index contributed by atoms with van der Waals surface area (Å²) >= 11 is 1.75. The molecule has 1 atom stereocenters. The first kappa shape index (κ1) is 17.7. The van der Waals surface area contributed by atoms with Gasteiger partial charge in [-0.25, -0.2) is 9.97 Å². The van der Waals surface area contributed by atoms with Crippen LogP contribution in [0.25, 0.3) is 10.2 Å². The number of nitrogens with zero attached hydrogens (tertiary/aromatic N) is 3. The average Bonchev–Trinajstić information content (AvgIpc) is 3.15. The van der Waals surface area contributed by atoms with Crippen LogP contribution in [0.5, 0.6) is 0 Å². The lowest BCUT2D eigenvalue weighted by Crippen LogP contribution is -2.36. The number of primary amides is 1. The highest BCUT2D eigenvalue weighted by atomic mass is 32.1. The SMILES string of the molecule is CN(C)[C@H]1CC[C@H](Nc2ncnc3sc4c(c23)[C@@H](CC(N)=O)CC4)CC1. The van der Waals surface area contributed by atoms with E-state index in [9.17, 15) is 4.79 Å². The number of hydrogen-bond donors (Lipinski definition) is 2. The fourth-order valence-corrected chi connectivity index (χ4v) is 5.79. The van der Waals surface area contributed by atoms with Crippen LogP contribution in [-0.4, -0.2) is 47.0 Å². The predicted molar refractivity (Wildman–Crippen MR) is 106 cm³/mol. The smallest absolute Gasteiger partial charge is 0.218 e. The van der Waals surface area contributed by atoms with E-state index in [0.29, 0.717) is 18.5 Å². The van der Waals surface area contributed by atoms with E-state index in [1.165, 1.54) is 23.3 Å². The van der Waals surface area contributed by atoms with Crippen LogP contribution in [0.2, 0.25) is 0 Å². The van der Waals surface area contributed by atoms with E-state index < -0.39 is 0 Å². The number of nitrogens with two attached hydrogens (primary N) is 1. The number of nitrogens with one attached hydrogen (secondary N) is 1. The number of anilines is 1. The van der Waals surface area contributed by atoms with Gasteiger partial charge in [-0.3, -0.25) is 4.79 Å². The van der Waals surface area contributed by atoms with E-state index >= 15 is 0 Å². The van der Waals surface area contributed by atoms with Crippen molar-refractivity contribution >= 4 is 33.3 Å². The molecule has 2 aliphatic rings. The Balaban J connectivity index is 1.59. The Morgan fingerprint density at radius 3 is 2.73 bits per heavy atom. The highest BCUT2D eigenvalue weighted by Gasteiger charge is 2.31. The first-order valence-corrected chi connectivity index (χ1v) is 10.3. The largest absolute Gasteiger partial charge is 0.370 e. The third kappa shape index (κ3) is 3.30. The van der Waals surface area contributed by atoms with Gasteiger partial charge in [0.05, 0.1) is 5.39 Å². The fraction of sp³-hybridized carbons (Fsp3) is 0.632. The molecule has 0 bridgehead atoms. The van der Waals surface area contributed by atoms with Gasteiger partial charge in [0.15, 0.2) is 0 Å². The minimum atomic E-state index is -0.226. The Labute approximate surface area is 158 Å². The molecule has 1 fully saturated rings. The minimum absolute atomic E-state index is 0.215. The molecule has 140 valence electrons. The second kappa shape index (κ2) is 7.12. The van der Waals surface area contributed by atoms with Gasteiger partial charge < -0.3 is 16.0 Å². The van der Waals surface area contributed by atoms with Crippen LogP contribution in [0, 0.1) is 0 Å². The van der Waals surface area contributed by atoms with E-state index in [-0.39, 0.29) is 11.8 Å². The Bertz CT molecular complexity index is 810. The Morgan fingerprint density at radius 1 is 1.27 bits per heavy atom. The Kier molecular flexibility index (Phi) is 4.84. The maximum atomic E-state index is 11.5. The van der Waals surface area contributed by atoms with Crippen LogP contribution < -0.4 is 11.1 Å². The number of aromatic nitrogens is 2. The lowest BCUT2D eigenvalue weighted by molar-refractivity contribution is -0.118. The molecule has 0 aliphatic heterocycles. The summed E-state index contributed by atoms with van der Waals surface area (Å²) in [7, 11) is 4.33. The van der Waals surface area contributed by atoms with Crippen molar-refractivity contribution < 1.29 is 4.79 Å². The van der Waals surface area contributed by atoms with Crippen LogP contribution in [0.15, 0.2) is 6.33 Å². The normalized spacial score (nSPS) is 25.6. The third-order valence-electron chi connectivity index (χ3n) is 5.95. The Hall–Kier alpha value is -1.73. The van der Waals surface area contributed by atoms with E-state index in [1.54, 1.807) is 17.7 Å². The van der Waals surface area contributed by atoms with Gasteiger partial charge in [0.1, 0.15) is 17.0 Å². The maximum Gasteiger partial charge on any atom is 0.218 e. The quantitative estimate of drug-likeness (QED) is 0.842. The summed E-state index contributed by atoms with van der Waals surface area (Å²) in [6, 6.07) is 1.14. The maximum absolute atomic E-state index is 11.5. The summed E-state index contributed by atoms with van der Waals surface area (Å²) in [5.41, 5.74) is 6.75. The molecule has 1 amide bonds. The molecule has 0 unspecified atom stereocenters. The van der Waals surface area contributed by atoms with Crippen LogP contribution in [0.4, 0.5) is 5.82 Å². The predicted octanol–water partition coefficient (Wildman–Crippen LogP) is 2.88. The molecule has 0 spiro atoms. The molecule has 2 aliphatic carbocycles. The summed E-state index contributed by atoms with van der Waals surface area (Å²) in [6.45, 7) is 0. The zero-order chi connectivity index (χ0) is 18.3. The number of hydrogen-bond acceptors (Lipinski definition) is 6. The molecule has 0 radical (unpaired) electrons. The third-order valence-corrected chi connectivity index (χ3v) is 7.12. The number of carbonyl (C=O) groups is 1. The van der Waals surface area contributed by atoms with Crippen molar-refractivity contribution in [3.63, 3.8) is 0 Å². The summed E-state index contributed by atoms with van der Waals surface area (Å²) in [5.74, 6) is 0.931. The first-order chi connectivity index (χ1) is 12.5. The molecule has 0 saturated heterocycles. The number of aryl methyl sites for hydroxylation is 1. The molecule has 0 aromatic carbocycles. The molecule has 26 heavy (non-hydrogen) atoms. The van der Waals surface area contributed by atoms with Gasteiger partial charge in [0.2, 0.25) is 5.91 Å². The lowest BCUT2D eigenvalue weighted by atomic mass is 9.90. The fourth-order valence-electron chi connectivity index (χ4n) is 4.55. The van der Waals surface area contributed by atoms with Gasteiger partial charge in [-0.15, -0.1) is 11.3 Å². The highest BCUT2D eigenvalue weighted by Crippen LogP contribution is 2.46. The molecule has 2 aromatic heterocycles. The number of fused-ring (bicyclic) bond motifs is 3. The summed E-state index contributed by atoms with van der Waals surface area (Å²) in [6.07, 6.45) is 8.84. The van der Waals surface area contributed by atoms with Gasteiger partial charge >= 0.3 is 0 Å². The number of carbonyl (C=O) groups excluding carboxylic acids is 1. The summed E-state index contributed by atoms with van der Waals surface area (Å²) < 4.78 is 0. The van der Waals surface area contributed by atoms with Gasteiger partial charge in [-0.05, 0) is 64.1 Å². The van der Waals surface area contributed by atoms with Gasteiger partial charge in [0, 0.05) is 23.4 Å². The minimum Gasteiger partial charge on any atom is -0.370 e. The average molecular weight is 374 g/mol. The summed E-state index contributed by atoms with van der Waals surface area (Å²) in [5, 5.41) is 4.82. The number of amides is 1. The van der Waals surface area contributed by atoms with E-state index in [4.69, 9.17) is 5.73 Å². The van der Waals surface area contributed by atoms with Crippen LogP contribution in [0.1, 0.15) is 54.9 Å². The zero-order valence-electron chi connectivity index (χ0n) is 15.5. The molecule has 6 nitrogen and oxygen atoms in total. The first-order valence-electron chi connectivity index (χ1n) is 9.50. The monoisotopic (exact) mass is 373 g/mol. The summed E-state index contributed by atoms with van der Waals surface area (Å²) in [4.78, 5) is 25.3. The standard InChI is InChI=1S/C19H27N5OS/c1-24(2)13-6-4-12(5-7-13)23-18-17-16-11(9-15(20)25)3-8-14(16)26-19(17)22-10-21-18/h10-13H,3-9H2,1-2H3,(H2,20,25)(H,21,22,23)/t11-,12-,13-/m1/s1. The van der Waals surface area contributed by atoms with Crippen LogP contribution in [0.3, 0.4) is 0 Å². The lowest BCUT2D eigenvalue weighted by Gasteiger charge is -2.33. The molecule has 7 heteroatoms. The van der Waals surface area contributed by atoms with Crippen molar-refractivity contribution in [1.29, 1.82) is 0 Å². The molecular weight excluding hydrogens is 346 g/mol. The molecule has 2 heterocycles. The molecule has 1 saturated carbocycles. The van der Waals surface area contributed by atoms with Crippen molar-refractivity contribution in [3.8, 4) is 0 Å². The molecular formula is C19H27N5OS. The van der Waals surface area contributed by atoms with Crippen molar-refractivity contribution in [1.82, 2.24) is 14.9 Å². The van der Waals surface area contributed by atoms with Crippen LogP contribution in [-0.2, 0) is 11.2 Å². The van der Waals surface area contributed by atoms with E-state index in [0.717, 1.165) is 41.7 Å². The van der Waals surface area contributed by atoms with Crippen molar-refractivity contribution in [2.24, 2.45) is 5.73 Å². The van der Waals surface area contributed by atoms with Crippen molar-refractivity contribution in [2.75, 3.05) is 19.4 Å². The number of rotatable bonds is 5. The van der Waals surface area contributed by atoms with Gasteiger partial charge in [-0.1, -0.05) is 0 Å². The van der Waals surface area contributed by atoms with Crippen molar-refractivity contribution in [3.05, 3.63) is 16.8 Å². The number of thiophene rings is 1. The van der Waals surface area contributed by atoms with Gasteiger partial charge in [0.25, 0.3) is 0 Å². The highest BCUT2D eigenvalue weighted by molar-refractivity contribution is 7.19. The second-order valence-electron chi connectivity index (χ2n) is 7.86. The van der Waals surface area contributed by atoms with Crippen molar-refractivity contribution in [2.45, 2.75) is 62.9 Å². The van der Waals surface area contributed by atoms with Gasteiger partial charge in [-0.2, -0.15) is 0 Å². The molecule has 2 aromatic rings. The van der Waals surface area contributed by atoms with Crippen LogP contribution >= 0.6 is 11.3 Å². The van der Waals surface area contributed by atoms with E-state index in [1.807, 2.05) is 0 Å².